The van der Waals surface area contributed by atoms with Crippen LogP contribution < -0.4 is 0 Å². The first-order valence-corrected chi connectivity index (χ1v) is 7.14. The number of unbranched alkanes of at least 4 members (excludes halogenated alkanes) is 2. The first-order valence-electron chi connectivity index (χ1n) is 5.82. The van der Waals surface area contributed by atoms with Crippen LogP contribution >= 0.6 is 27.5 Å². The number of rotatable bonds is 7. The Bertz CT molecular complexity index is 346. The molecule has 1 aromatic carbocycles. The molecule has 0 aromatic heterocycles. The van der Waals surface area contributed by atoms with Gasteiger partial charge in [0.25, 0.3) is 0 Å². The summed E-state index contributed by atoms with van der Waals surface area (Å²) >= 11 is 8.98. The maximum absolute atomic E-state index is 13.5. The molecule has 17 heavy (non-hydrogen) atoms. The first kappa shape index (κ1) is 14.9. The summed E-state index contributed by atoms with van der Waals surface area (Å²) in [5.74, 6) is 0.588. The lowest BCUT2D eigenvalue weighted by atomic mass is 10.2. The van der Waals surface area contributed by atoms with Gasteiger partial charge in [0.1, 0.15) is 5.82 Å². The molecule has 1 nitrogen and oxygen atoms in total. The van der Waals surface area contributed by atoms with Gasteiger partial charge in [-0.2, -0.15) is 0 Å². The maximum Gasteiger partial charge on any atom is 0.127 e. The van der Waals surface area contributed by atoms with Gasteiger partial charge in [-0.25, -0.2) is 4.39 Å². The Balaban J connectivity index is 2.39. The van der Waals surface area contributed by atoms with E-state index in [1.165, 1.54) is 6.07 Å². The lowest BCUT2D eigenvalue weighted by Gasteiger charge is -2.17. The molecule has 0 atom stereocenters. The van der Waals surface area contributed by atoms with Crippen molar-refractivity contribution in [3.8, 4) is 0 Å². The van der Waals surface area contributed by atoms with Crippen molar-refractivity contribution in [2.24, 2.45) is 0 Å². The molecule has 4 heteroatoms. The van der Waals surface area contributed by atoms with E-state index < -0.39 is 0 Å². The Morgan fingerprint density at radius 1 is 1.29 bits per heavy atom. The number of halogens is 3. The summed E-state index contributed by atoms with van der Waals surface area (Å²) in [5.41, 5.74) is 0.735. The summed E-state index contributed by atoms with van der Waals surface area (Å²) in [5, 5.41) is 0. The van der Waals surface area contributed by atoms with Crippen molar-refractivity contribution in [2.75, 3.05) is 19.5 Å². The molecular weight excluding hydrogens is 305 g/mol. The normalized spacial score (nSPS) is 11.1. The number of benzene rings is 1. The van der Waals surface area contributed by atoms with Gasteiger partial charge in [-0.05, 0) is 44.6 Å². The average molecular weight is 323 g/mol. The third kappa shape index (κ3) is 5.84. The highest BCUT2D eigenvalue weighted by atomic mass is 79.9. The number of alkyl halides is 1. The third-order valence-electron chi connectivity index (χ3n) is 2.62. The van der Waals surface area contributed by atoms with E-state index in [9.17, 15) is 4.39 Å². The molecule has 0 saturated carbocycles. The van der Waals surface area contributed by atoms with Crippen LogP contribution in [0.3, 0.4) is 0 Å². The molecule has 1 rings (SSSR count). The van der Waals surface area contributed by atoms with Gasteiger partial charge in [0, 0.05) is 22.5 Å². The largest absolute Gasteiger partial charge is 0.302 e. The van der Waals surface area contributed by atoms with Crippen molar-refractivity contribution < 1.29 is 4.39 Å². The summed E-state index contributed by atoms with van der Waals surface area (Å²) < 4.78 is 14.4. The molecule has 0 aliphatic carbocycles. The van der Waals surface area contributed by atoms with Gasteiger partial charge in [-0.1, -0.05) is 22.4 Å². The molecule has 0 aliphatic heterocycles. The molecule has 0 bridgehead atoms. The first-order chi connectivity index (χ1) is 8.13. The van der Waals surface area contributed by atoms with Crippen molar-refractivity contribution >= 4 is 27.5 Å². The quantitative estimate of drug-likeness (QED) is 0.530. The fraction of sp³-hybridized carbons (Fsp3) is 0.538. The van der Waals surface area contributed by atoms with Gasteiger partial charge < -0.3 is 4.90 Å². The van der Waals surface area contributed by atoms with E-state index in [1.54, 1.807) is 6.07 Å². The Hall–Kier alpha value is -0.120. The van der Waals surface area contributed by atoms with E-state index >= 15 is 0 Å². The summed E-state index contributed by atoms with van der Waals surface area (Å²) in [6.07, 6.45) is 3.30. The molecular formula is C13H18BrClFN. The lowest BCUT2D eigenvalue weighted by molar-refractivity contribution is 0.313. The predicted octanol–water partition coefficient (Wildman–Crippen LogP) is 4.43. The minimum absolute atomic E-state index is 0.138. The lowest BCUT2D eigenvalue weighted by Crippen LogP contribution is -2.19. The smallest absolute Gasteiger partial charge is 0.127 e. The van der Waals surface area contributed by atoms with Crippen LogP contribution in [0.15, 0.2) is 22.7 Å². The number of nitrogens with zero attached hydrogens (tertiary/aromatic N) is 1. The zero-order chi connectivity index (χ0) is 12.7. The van der Waals surface area contributed by atoms with Crippen molar-refractivity contribution in [2.45, 2.75) is 25.8 Å². The molecule has 96 valence electrons. The van der Waals surface area contributed by atoms with E-state index in [4.69, 9.17) is 11.6 Å². The Labute approximate surface area is 116 Å². The standard InChI is InChI=1S/C13H18BrClFN/c1-17(8-4-2-3-7-15)10-11-9-12(14)5-6-13(11)16/h5-6,9H,2-4,7-8,10H2,1H3. The van der Waals surface area contributed by atoms with E-state index in [2.05, 4.69) is 20.8 Å². The second-order valence-corrected chi connectivity index (χ2v) is 5.52. The minimum Gasteiger partial charge on any atom is -0.302 e. The molecule has 0 unspecified atom stereocenters. The molecule has 0 heterocycles. The third-order valence-corrected chi connectivity index (χ3v) is 3.38. The monoisotopic (exact) mass is 321 g/mol. The topological polar surface area (TPSA) is 3.24 Å². The number of hydrogen-bond donors (Lipinski definition) is 0. The van der Waals surface area contributed by atoms with E-state index in [0.717, 1.165) is 41.7 Å². The van der Waals surface area contributed by atoms with Crippen LogP contribution in [-0.2, 0) is 6.54 Å². The van der Waals surface area contributed by atoms with E-state index in [1.807, 2.05) is 13.1 Å². The molecule has 0 N–H and O–H groups in total. The van der Waals surface area contributed by atoms with Crippen molar-refractivity contribution in [1.82, 2.24) is 4.90 Å². The van der Waals surface area contributed by atoms with Crippen molar-refractivity contribution in [1.29, 1.82) is 0 Å². The second-order valence-electron chi connectivity index (χ2n) is 4.22. The maximum atomic E-state index is 13.5. The van der Waals surface area contributed by atoms with Gasteiger partial charge in [0.2, 0.25) is 0 Å². The van der Waals surface area contributed by atoms with Gasteiger partial charge >= 0.3 is 0 Å². The van der Waals surface area contributed by atoms with Crippen LogP contribution in [0.1, 0.15) is 24.8 Å². The molecule has 0 radical (unpaired) electrons. The highest BCUT2D eigenvalue weighted by molar-refractivity contribution is 9.10. The Morgan fingerprint density at radius 3 is 2.76 bits per heavy atom. The van der Waals surface area contributed by atoms with Crippen LogP contribution in [0.4, 0.5) is 4.39 Å². The highest BCUT2D eigenvalue weighted by Crippen LogP contribution is 2.17. The fourth-order valence-corrected chi connectivity index (χ4v) is 2.28. The summed E-state index contributed by atoms with van der Waals surface area (Å²) in [4.78, 5) is 2.14. The second kappa shape index (κ2) is 8.06. The summed E-state index contributed by atoms with van der Waals surface area (Å²) in [6.45, 7) is 1.62. The van der Waals surface area contributed by atoms with Gasteiger partial charge in [0.05, 0.1) is 0 Å². The van der Waals surface area contributed by atoms with E-state index in [-0.39, 0.29) is 5.82 Å². The molecule has 0 spiro atoms. The van der Waals surface area contributed by atoms with Gasteiger partial charge in [-0.15, -0.1) is 11.6 Å². The van der Waals surface area contributed by atoms with E-state index in [0.29, 0.717) is 6.54 Å². The van der Waals surface area contributed by atoms with Gasteiger partial charge in [0.15, 0.2) is 0 Å². The summed E-state index contributed by atoms with van der Waals surface area (Å²) in [7, 11) is 2.01. The molecule has 0 saturated heterocycles. The van der Waals surface area contributed by atoms with Crippen LogP contribution in [0.2, 0.25) is 0 Å². The fourth-order valence-electron chi connectivity index (χ4n) is 1.69. The van der Waals surface area contributed by atoms with Crippen LogP contribution in [0.5, 0.6) is 0 Å². The molecule has 0 amide bonds. The Kier molecular flexibility index (Phi) is 7.09. The highest BCUT2D eigenvalue weighted by Gasteiger charge is 2.06. The molecule has 1 aromatic rings. The van der Waals surface area contributed by atoms with Crippen LogP contribution in [0.25, 0.3) is 0 Å². The zero-order valence-electron chi connectivity index (χ0n) is 10.1. The zero-order valence-corrected chi connectivity index (χ0v) is 12.4. The summed E-state index contributed by atoms with van der Waals surface area (Å²) in [6, 6.07) is 5.06. The molecule has 0 aliphatic rings. The SMILES string of the molecule is CN(CCCCCCl)Cc1cc(Br)ccc1F. The predicted molar refractivity (Wildman–Crippen MR) is 75.0 cm³/mol. The van der Waals surface area contributed by atoms with Gasteiger partial charge in [-0.3, -0.25) is 0 Å². The Morgan fingerprint density at radius 2 is 2.06 bits per heavy atom. The minimum atomic E-state index is -0.138. The average Bonchev–Trinajstić information content (AvgIpc) is 2.29. The molecule has 0 fully saturated rings. The van der Waals surface area contributed by atoms with Crippen molar-refractivity contribution in [3.63, 3.8) is 0 Å². The number of hydrogen-bond acceptors (Lipinski definition) is 1. The van der Waals surface area contributed by atoms with Crippen LogP contribution in [0, 0.1) is 5.82 Å². The van der Waals surface area contributed by atoms with Crippen molar-refractivity contribution in [3.05, 3.63) is 34.1 Å². The van der Waals surface area contributed by atoms with Crippen LogP contribution in [-0.4, -0.2) is 24.4 Å².